The summed E-state index contributed by atoms with van der Waals surface area (Å²) in [6.45, 7) is 1.88. The van der Waals surface area contributed by atoms with E-state index < -0.39 is 0 Å². The number of aromatic nitrogens is 3. The maximum absolute atomic E-state index is 5.95. The second-order valence-corrected chi connectivity index (χ2v) is 6.99. The van der Waals surface area contributed by atoms with Crippen molar-refractivity contribution in [2.75, 3.05) is 18.0 Å². The predicted octanol–water partition coefficient (Wildman–Crippen LogP) is 3.11. The van der Waals surface area contributed by atoms with Crippen LogP contribution in [0.3, 0.4) is 0 Å². The Hall–Kier alpha value is -0.630. The Morgan fingerprint density at radius 1 is 1.35 bits per heavy atom. The highest BCUT2D eigenvalue weighted by Crippen LogP contribution is 2.33. The number of imidazole rings is 1. The summed E-state index contributed by atoms with van der Waals surface area (Å²) in [5, 5.41) is 3.51. The molecule has 5 nitrogen and oxygen atoms in total. The molecule has 4 rings (SSSR count). The third kappa shape index (κ3) is 2.16. The number of halogens is 2. The Morgan fingerprint density at radius 3 is 2.75 bits per heavy atom. The summed E-state index contributed by atoms with van der Waals surface area (Å²) >= 11 is 11.0. The van der Waals surface area contributed by atoms with E-state index in [1.54, 1.807) is 17.7 Å². The van der Waals surface area contributed by atoms with E-state index in [4.69, 9.17) is 21.3 Å². The number of nitrogens with zero attached hydrogens (tertiary/aromatic N) is 4. The molecule has 2 aliphatic heterocycles. The molecule has 0 aromatic carbocycles. The molecule has 0 saturated carbocycles. The van der Waals surface area contributed by atoms with Crippen LogP contribution in [0.5, 0.6) is 0 Å². The monoisotopic (exact) mass is 374 g/mol. The van der Waals surface area contributed by atoms with E-state index in [1.807, 2.05) is 9.95 Å². The van der Waals surface area contributed by atoms with Crippen LogP contribution in [-0.4, -0.2) is 39.8 Å². The van der Waals surface area contributed by atoms with E-state index in [0.29, 0.717) is 17.4 Å². The molecule has 2 aromatic heterocycles. The first-order chi connectivity index (χ1) is 9.70. The van der Waals surface area contributed by atoms with E-state index in [-0.39, 0.29) is 0 Å². The molecule has 0 amide bonds. The van der Waals surface area contributed by atoms with Crippen molar-refractivity contribution in [3.63, 3.8) is 0 Å². The van der Waals surface area contributed by atoms with Gasteiger partial charge < -0.3 is 9.64 Å². The fourth-order valence-electron chi connectivity index (χ4n) is 2.75. The SMILES string of the molecule is Clc1ncn(-c2csc(N3C[C@H]4CC[C@@H](C3)O4)n2)c1Br. The average Bonchev–Trinajstić information content (AvgIpc) is 3.12. The van der Waals surface area contributed by atoms with Crippen LogP contribution in [0.4, 0.5) is 5.13 Å². The smallest absolute Gasteiger partial charge is 0.187 e. The van der Waals surface area contributed by atoms with Crippen LogP contribution in [0.1, 0.15) is 12.8 Å². The minimum atomic E-state index is 0.371. The number of hydrogen-bond donors (Lipinski definition) is 0. The summed E-state index contributed by atoms with van der Waals surface area (Å²) in [6.07, 6.45) is 4.75. The molecule has 2 saturated heterocycles. The van der Waals surface area contributed by atoms with Crippen LogP contribution in [0, 0.1) is 0 Å². The highest BCUT2D eigenvalue weighted by molar-refractivity contribution is 9.10. The summed E-state index contributed by atoms with van der Waals surface area (Å²) in [5.41, 5.74) is 0. The number of anilines is 1. The van der Waals surface area contributed by atoms with Crippen molar-refractivity contribution < 1.29 is 4.74 Å². The van der Waals surface area contributed by atoms with Gasteiger partial charge in [-0.15, -0.1) is 11.3 Å². The molecule has 0 radical (unpaired) electrons. The number of morpholine rings is 1. The number of fused-ring (bicyclic) bond motifs is 2. The zero-order valence-electron chi connectivity index (χ0n) is 10.5. The van der Waals surface area contributed by atoms with Crippen molar-refractivity contribution in [1.82, 2.24) is 14.5 Å². The summed E-state index contributed by atoms with van der Waals surface area (Å²) in [6, 6.07) is 0. The number of ether oxygens (including phenoxy) is 1. The van der Waals surface area contributed by atoms with E-state index in [1.165, 1.54) is 12.8 Å². The fourth-order valence-corrected chi connectivity index (χ4v) is 4.09. The Balaban J connectivity index is 1.60. The van der Waals surface area contributed by atoms with Gasteiger partial charge in [-0.25, -0.2) is 9.97 Å². The van der Waals surface area contributed by atoms with E-state index in [9.17, 15) is 0 Å². The van der Waals surface area contributed by atoms with E-state index in [2.05, 4.69) is 25.8 Å². The van der Waals surface area contributed by atoms with Gasteiger partial charge in [0.05, 0.1) is 12.2 Å². The molecule has 2 fully saturated rings. The molecule has 20 heavy (non-hydrogen) atoms. The van der Waals surface area contributed by atoms with Crippen molar-refractivity contribution in [2.45, 2.75) is 25.0 Å². The standard InChI is InChI=1S/C12H12BrClN4OS/c13-10-11(14)15-6-18(10)9-5-20-12(16-9)17-3-7-1-2-8(4-17)19-7/h5-8H,1-4H2/t7-,8+. The van der Waals surface area contributed by atoms with Crippen LogP contribution >= 0.6 is 38.9 Å². The quantitative estimate of drug-likeness (QED) is 0.809. The molecule has 2 bridgehead atoms. The van der Waals surface area contributed by atoms with Gasteiger partial charge in [-0.05, 0) is 28.8 Å². The molecule has 0 spiro atoms. The average molecular weight is 376 g/mol. The van der Waals surface area contributed by atoms with Gasteiger partial charge in [0.15, 0.2) is 16.1 Å². The highest BCUT2D eigenvalue weighted by Gasteiger charge is 2.34. The van der Waals surface area contributed by atoms with Gasteiger partial charge in [-0.2, -0.15) is 0 Å². The second kappa shape index (κ2) is 4.98. The van der Waals surface area contributed by atoms with Crippen LogP contribution in [0.2, 0.25) is 5.15 Å². The lowest BCUT2D eigenvalue weighted by molar-refractivity contribution is 0.0305. The zero-order valence-corrected chi connectivity index (χ0v) is 13.7. The molecular weight excluding hydrogens is 364 g/mol. The first kappa shape index (κ1) is 13.1. The van der Waals surface area contributed by atoms with Crippen molar-refractivity contribution in [1.29, 1.82) is 0 Å². The van der Waals surface area contributed by atoms with Crippen molar-refractivity contribution in [3.05, 3.63) is 21.5 Å². The number of hydrogen-bond acceptors (Lipinski definition) is 5. The van der Waals surface area contributed by atoms with Gasteiger partial charge in [0, 0.05) is 18.5 Å². The summed E-state index contributed by atoms with van der Waals surface area (Å²) < 4.78 is 8.44. The van der Waals surface area contributed by atoms with E-state index >= 15 is 0 Å². The van der Waals surface area contributed by atoms with Gasteiger partial charge in [-0.3, -0.25) is 4.57 Å². The van der Waals surface area contributed by atoms with E-state index in [0.717, 1.165) is 28.6 Å². The number of rotatable bonds is 2. The maximum Gasteiger partial charge on any atom is 0.187 e. The van der Waals surface area contributed by atoms with Crippen molar-refractivity contribution >= 4 is 44.0 Å². The first-order valence-electron chi connectivity index (χ1n) is 6.45. The lowest BCUT2D eigenvalue weighted by atomic mass is 10.2. The Labute approximate surface area is 133 Å². The van der Waals surface area contributed by atoms with Crippen LogP contribution in [0.15, 0.2) is 16.3 Å². The molecule has 2 aromatic rings. The minimum Gasteiger partial charge on any atom is -0.371 e. The van der Waals surface area contributed by atoms with Gasteiger partial charge in [0.1, 0.15) is 10.9 Å². The molecule has 106 valence electrons. The van der Waals surface area contributed by atoms with Gasteiger partial charge in [0.25, 0.3) is 0 Å². The van der Waals surface area contributed by atoms with Crippen LogP contribution < -0.4 is 4.90 Å². The zero-order chi connectivity index (χ0) is 13.7. The summed E-state index contributed by atoms with van der Waals surface area (Å²) in [5.74, 6) is 0.843. The Bertz CT molecular complexity index is 633. The second-order valence-electron chi connectivity index (χ2n) is 5.05. The predicted molar refractivity (Wildman–Crippen MR) is 82.1 cm³/mol. The maximum atomic E-state index is 5.95. The van der Waals surface area contributed by atoms with Crippen LogP contribution in [0.25, 0.3) is 5.82 Å². The molecule has 0 unspecified atom stereocenters. The molecular formula is C12H12BrClN4OS. The largest absolute Gasteiger partial charge is 0.371 e. The van der Waals surface area contributed by atoms with Crippen LogP contribution in [-0.2, 0) is 4.74 Å². The summed E-state index contributed by atoms with van der Waals surface area (Å²) in [7, 11) is 0. The minimum absolute atomic E-state index is 0.371. The third-order valence-corrected chi connectivity index (χ3v) is 5.86. The normalized spacial score (nSPS) is 25.4. The fraction of sp³-hybridized carbons (Fsp3) is 0.500. The van der Waals surface area contributed by atoms with Gasteiger partial charge >= 0.3 is 0 Å². The number of thiazole rings is 1. The Morgan fingerprint density at radius 2 is 2.10 bits per heavy atom. The molecule has 2 atom stereocenters. The van der Waals surface area contributed by atoms with Gasteiger partial charge in [-0.1, -0.05) is 11.6 Å². The van der Waals surface area contributed by atoms with Gasteiger partial charge in [0.2, 0.25) is 0 Å². The van der Waals surface area contributed by atoms with Crippen molar-refractivity contribution in [2.24, 2.45) is 0 Å². The van der Waals surface area contributed by atoms with Crippen molar-refractivity contribution in [3.8, 4) is 5.82 Å². The highest BCUT2D eigenvalue weighted by atomic mass is 79.9. The molecule has 2 aliphatic rings. The lowest BCUT2D eigenvalue weighted by Gasteiger charge is -2.31. The third-order valence-electron chi connectivity index (χ3n) is 3.71. The molecule has 0 aliphatic carbocycles. The first-order valence-corrected chi connectivity index (χ1v) is 8.50. The summed E-state index contributed by atoms with van der Waals surface area (Å²) in [4.78, 5) is 11.1. The topological polar surface area (TPSA) is 43.2 Å². The molecule has 0 N–H and O–H groups in total. The lowest BCUT2D eigenvalue weighted by Crippen LogP contribution is -2.42. The Kier molecular flexibility index (Phi) is 3.25. The molecule has 4 heterocycles. The molecule has 8 heteroatoms.